The second kappa shape index (κ2) is 9.51. The number of hydrogen-bond donors (Lipinski definition) is 1. The van der Waals surface area contributed by atoms with E-state index in [1.165, 1.54) is 17.9 Å². The van der Waals surface area contributed by atoms with Crippen molar-refractivity contribution >= 4 is 17.7 Å². The molecule has 154 valence electrons. The van der Waals surface area contributed by atoms with E-state index in [1.54, 1.807) is 55.5 Å². The highest BCUT2D eigenvalue weighted by Gasteiger charge is 2.10. The molecule has 0 radical (unpaired) electrons. The zero-order valence-electron chi connectivity index (χ0n) is 16.6. The number of benzene rings is 2. The van der Waals surface area contributed by atoms with Gasteiger partial charge in [-0.2, -0.15) is 5.10 Å². The van der Waals surface area contributed by atoms with Crippen LogP contribution < -0.4 is 10.9 Å². The lowest BCUT2D eigenvalue weighted by atomic mass is 10.1. The van der Waals surface area contributed by atoms with Crippen molar-refractivity contribution in [3.8, 4) is 11.3 Å². The Morgan fingerprint density at radius 2 is 1.87 bits per heavy atom. The fourth-order valence-corrected chi connectivity index (χ4v) is 2.84. The molecule has 3 rings (SSSR count). The second-order valence-electron chi connectivity index (χ2n) is 6.33. The maximum Gasteiger partial charge on any atom is 0.411 e. The average Bonchev–Trinajstić information content (AvgIpc) is 2.75. The summed E-state index contributed by atoms with van der Waals surface area (Å²) >= 11 is 0. The molecule has 2 aromatic carbocycles. The number of nitrogens with one attached hydrogen (secondary N) is 1. The predicted octanol–water partition coefficient (Wildman–Crippen LogP) is 3.31. The minimum Gasteiger partial charge on any atom is -0.465 e. The first kappa shape index (κ1) is 20.8. The number of anilines is 1. The molecule has 0 bridgehead atoms. The van der Waals surface area contributed by atoms with E-state index in [0.29, 0.717) is 22.5 Å². The summed E-state index contributed by atoms with van der Waals surface area (Å²) in [5.74, 6) is -0.448. The molecule has 0 saturated heterocycles. The number of aromatic nitrogens is 2. The van der Waals surface area contributed by atoms with Gasteiger partial charge in [0.15, 0.2) is 0 Å². The molecular formula is C22H21N3O5. The van der Waals surface area contributed by atoms with Crippen molar-refractivity contribution < 1.29 is 19.1 Å². The standard InChI is InChI=1S/C22H21N3O5/c1-3-30-22(28)23-18-9-4-6-15(12-18)14-25-20(26)11-10-19(24-25)16-7-5-8-17(13-16)21(27)29-2/h4-13H,3,14H2,1-2H3,(H,23,28). The first-order valence-electron chi connectivity index (χ1n) is 9.30. The third kappa shape index (κ3) is 5.11. The lowest BCUT2D eigenvalue weighted by Gasteiger charge is -2.10. The van der Waals surface area contributed by atoms with Crippen molar-refractivity contribution in [2.75, 3.05) is 19.0 Å². The summed E-state index contributed by atoms with van der Waals surface area (Å²) in [5, 5.41) is 7.05. The summed E-state index contributed by atoms with van der Waals surface area (Å²) in [5.41, 5.74) is 2.68. The van der Waals surface area contributed by atoms with Crippen LogP contribution in [0.3, 0.4) is 0 Å². The first-order chi connectivity index (χ1) is 14.5. The van der Waals surface area contributed by atoms with Crippen molar-refractivity contribution in [3.05, 3.63) is 82.1 Å². The van der Waals surface area contributed by atoms with Gasteiger partial charge in [0, 0.05) is 17.3 Å². The third-order valence-electron chi connectivity index (χ3n) is 4.23. The van der Waals surface area contributed by atoms with Gasteiger partial charge in [0.05, 0.1) is 31.5 Å². The normalized spacial score (nSPS) is 10.3. The number of carbonyl (C=O) groups is 2. The number of amides is 1. The summed E-state index contributed by atoms with van der Waals surface area (Å²) in [6.45, 7) is 2.21. The Morgan fingerprint density at radius 3 is 2.63 bits per heavy atom. The summed E-state index contributed by atoms with van der Waals surface area (Å²) < 4.78 is 10.9. The fourth-order valence-electron chi connectivity index (χ4n) is 2.84. The van der Waals surface area contributed by atoms with Crippen molar-refractivity contribution in [1.29, 1.82) is 0 Å². The fraction of sp³-hybridized carbons (Fsp3) is 0.182. The average molecular weight is 407 g/mol. The largest absolute Gasteiger partial charge is 0.465 e. The smallest absolute Gasteiger partial charge is 0.411 e. The van der Waals surface area contributed by atoms with E-state index in [0.717, 1.165) is 5.56 Å². The maximum atomic E-state index is 12.3. The molecule has 0 aliphatic heterocycles. The van der Waals surface area contributed by atoms with E-state index < -0.39 is 12.1 Å². The van der Waals surface area contributed by atoms with Crippen LogP contribution in [0.2, 0.25) is 0 Å². The van der Waals surface area contributed by atoms with Crippen molar-refractivity contribution in [3.63, 3.8) is 0 Å². The van der Waals surface area contributed by atoms with Crippen LogP contribution >= 0.6 is 0 Å². The van der Waals surface area contributed by atoms with Crippen LogP contribution in [-0.2, 0) is 16.0 Å². The van der Waals surface area contributed by atoms with Gasteiger partial charge in [0.2, 0.25) is 0 Å². The van der Waals surface area contributed by atoms with Gasteiger partial charge in [-0.15, -0.1) is 0 Å². The third-order valence-corrected chi connectivity index (χ3v) is 4.23. The van der Waals surface area contributed by atoms with E-state index in [-0.39, 0.29) is 18.7 Å². The highest BCUT2D eigenvalue weighted by atomic mass is 16.5. The SMILES string of the molecule is CCOC(=O)Nc1cccc(Cn2nc(-c3cccc(C(=O)OC)c3)ccc2=O)c1. The summed E-state index contributed by atoms with van der Waals surface area (Å²) in [6, 6.07) is 16.9. The molecule has 3 aromatic rings. The molecule has 30 heavy (non-hydrogen) atoms. The van der Waals surface area contributed by atoms with Gasteiger partial charge < -0.3 is 9.47 Å². The summed E-state index contributed by atoms with van der Waals surface area (Å²) in [6.07, 6.45) is -0.544. The van der Waals surface area contributed by atoms with Crippen LogP contribution in [0.1, 0.15) is 22.8 Å². The number of methoxy groups -OCH3 is 1. The highest BCUT2D eigenvalue weighted by molar-refractivity contribution is 5.90. The highest BCUT2D eigenvalue weighted by Crippen LogP contribution is 2.18. The van der Waals surface area contributed by atoms with Gasteiger partial charge in [-0.1, -0.05) is 24.3 Å². The van der Waals surface area contributed by atoms with E-state index in [2.05, 4.69) is 10.4 Å². The minimum absolute atomic E-state index is 0.210. The minimum atomic E-state index is -0.544. The Kier molecular flexibility index (Phi) is 6.59. The zero-order chi connectivity index (χ0) is 21.5. The van der Waals surface area contributed by atoms with E-state index in [9.17, 15) is 14.4 Å². The van der Waals surface area contributed by atoms with Crippen LogP contribution in [0.15, 0.2) is 65.5 Å². The molecule has 1 N–H and O–H groups in total. The second-order valence-corrected chi connectivity index (χ2v) is 6.33. The molecule has 1 amide bonds. The van der Waals surface area contributed by atoms with Crippen LogP contribution in [-0.4, -0.2) is 35.6 Å². The molecule has 1 heterocycles. The monoisotopic (exact) mass is 407 g/mol. The molecule has 0 aliphatic carbocycles. The molecule has 0 spiro atoms. The Balaban J connectivity index is 1.86. The number of rotatable bonds is 6. The Bertz CT molecular complexity index is 1120. The molecule has 0 unspecified atom stereocenters. The van der Waals surface area contributed by atoms with Gasteiger partial charge in [-0.25, -0.2) is 14.3 Å². The van der Waals surface area contributed by atoms with Gasteiger partial charge in [0.1, 0.15) is 0 Å². The van der Waals surface area contributed by atoms with E-state index in [1.807, 2.05) is 6.07 Å². The Labute approximate surface area is 173 Å². The number of ether oxygens (including phenoxy) is 2. The number of esters is 1. The summed E-state index contributed by atoms with van der Waals surface area (Å²) in [7, 11) is 1.32. The molecule has 0 fully saturated rings. The van der Waals surface area contributed by atoms with Gasteiger partial charge in [-0.05, 0) is 42.8 Å². The molecule has 0 aliphatic rings. The number of carbonyl (C=O) groups excluding carboxylic acids is 2. The number of nitrogens with zero attached hydrogens (tertiary/aromatic N) is 2. The summed E-state index contributed by atoms with van der Waals surface area (Å²) in [4.78, 5) is 35.7. The van der Waals surface area contributed by atoms with E-state index in [4.69, 9.17) is 9.47 Å². The first-order valence-corrected chi connectivity index (χ1v) is 9.30. The molecule has 8 nitrogen and oxygen atoms in total. The van der Waals surface area contributed by atoms with Crippen LogP contribution in [0, 0.1) is 0 Å². The lowest BCUT2D eigenvalue weighted by molar-refractivity contribution is 0.0600. The Morgan fingerprint density at radius 1 is 1.07 bits per heavy atom. The van der Waals surface area contributed by atoms with Gasteiger partial charge in [0.25, 0.3) is 5.56 Å². The number of hydrogen-bond acceptors (Lipinski definition) is 6. The molecule has 0 atom stereocenters. The van der Waals surface area contributed by atoms with Crippen molar-refractivity contribution in [1.82, 2.24) is 9.78 Å². The van der Waals surface area contributed by atoms with E-state index >= 15 is 0 Å². The Hall–Kier alpha value is -3.94. The van der Waals surface area contributed by atoms with Crippen molar-refractivity contribution in [2.24, 2.45) is 0 Å². The van der Waals surface area contributed by atoms with Gasteiger partial charge in [-0.3, -0.25) is 10.1 Å². The van der Waals surface area contributed by atoms with Crippen LogP contribution in [0.25, 0.3) is 11.3 Å². The van der Waals surface area contributed by atoms with Crippen molar-refractivity contribution in [2.45, 2.75) is 13.5 Å². The molecule has 8 heteroatoms. The maximum absolute atomic E-state index is 12.3. The molecule has 0 saturated carbocycles. The molecule has 1 aromatic heterocycles. The predicted molar refractivity (Wildman–Crippen MR) is 111 cm³/mol. The van der Waals surface area contributed by atoms with Crippen LogP contribution in [0.4, 0.5) is 10.5 Å². The zero-order valence-corrected chi connectivity index (χ0v) is 16.6. The van der Waals surface area contributed by atoms with Crippen LogP contribution in [0.5, 0.6) is 0 Å². The quantitative estimate of drug-likeness (QED) is 0.630. The van der Waals surface area contributed by atoms with Gasteiger partial charge >= 0.3 is 12.1 Å². The topological polar surface area (TPSA) is 99.5 Å². The molecular weight excluding hydrogens is 386 g/mol. The lowest BCUT2D eigenvalue weighted by Crippen LogP contribution is -2.23.